The lowest BCUT2D eigenvalue weighted by Crippen LogP contribution is -2.41. The minimum atomic E-state index is -0.970. The first kappa shape index (κ1) is 16.2. The molecule has 1 N–H and O–H groups in total. The minimum Gasteiger partial charge on any atom is -0.480 e. The second kappa shape index (κ2) is 7.68. The fourth-order valence-electron chi connectivity index (χ4n) is 2.30. The molecule has 0 heterocycles. The van der Waals surface area contributed by atoms with Gasteiger partial charge in [-0.25, -0.2) is 0 Å². The molecule has 0 saturated heterocycles. The average Bonchev–Trinajstić information content (AvgIpc) is 2.39. The normalized spacial score (nSPS) is 12.2. The van der Waals surface area contributed by atoms with Gasteiger partial charge >= 0.3 is 5.97 Å². The second-order valence-electron chi connectivity index (χ2n) is 5.38. The van der Waals surface area contributed by atoms with Crippen molar-refractivity contribution < 1.29 is 14.7 Å². The van der Waals surface area contributed by atoms with Gasteiger partial charge in [0.05, 0.1) is 5.92 Å². The molecule has 0 spiro atoms. The van der Waals surface area contributed by atoms with Crippen LogP contribution in [0.25, 0.3) is 0 Å². The number of aliphatic carboxylic acids is 1. The van der Waals surface area contributed by atoms with Gasteiger partial charge in [0.15, 0.2) is 0 Å². The predicted octanol–water partition coefficient (Wildman–Crippen LogP) is 2.75. The lowest BCUT2D eigenvalue weighted by molar-refractivity contribution is -0.145. The van der Waals surface area contributed by atoms with Gasteiger partial charge in [0, 0.05) is 6.54 Å². The molecule has 0 aliphatic rings. The highest BCUT2D eigenvalue weighted by Crippen LogP contribution is 2.22. The van der Waals surface area contributed by atoms with Crippen molar-refractivity contribution in [3.63, 3.8) is 0 Å². The lowest BCUT2D eigenvalue weighted by Gasteiger charge is -2.27. The molecule has 0 fully saturated rings. The summed E-state index contributed by atoms with van der Waals surface area (Å²) < 4.78 is 0. The van der Waals surface area contributed by atoms with E-state index in [0.717, 1.165) is 5.56 Å². The number of amides is 1. The van der Waals surface area contributed by atoms with E-state index in [1.165, 1.54) is 4.90 Å². The van der Waals surface area contributed by atoms with Crippen LogP contribution in [-0.2, 0) is 9.59 Å². The number of carbonyl (C=O) groups excluding carboxylic acids is 1. The summed E-state index contributed by atoms with van der Waals surface area (Å²) in [6.45, 7) is 6.13. The number of benzene rings is 1. The predicted molar refractivity (Wildman–Crippen MR) is 78.5 cm³/mol. The van der Waals surface area contributed by atoms with Crippen LogP contribution >= 0.6 is 0 Å². The summed E-state index contributed by atoms with van der Waals surface area (Å²) in [6.07, 6.45) is 0.664. The maximum absolute atomic E-state index is 12.6. The van der Waals surface area contributed by atoms with Crippen LogP contribution in [0.5, 0.6) is 0 Å². The molecule has 1 aromatic carbocycles. The van der Waals surface area contributed by atoms with Gasteiger partial charge in [-0.3, -0.25) is 9.59 Å². The third-order valence-electron chi connectivity index (χ3n) is 3.13. The number of hydrogen-bond acceptors (Lipinski definition) is 2. The van der Waals surface area contributed by atoms with Crippen molar-refractivity contribution in [1.29, 1.82) is 0 Å². The third kappa shape index (κ3) is 4.68. The molecule has 1 unspecified atom stereocenters. The molecule has 110 valence electrons. The molecule has 4 heteroatoms. The summed E-state index contributed by atoms with van der Waals surface area (Å²) >= 11 is 0. The maximum Gasteiger partial charge on any atom is 0.323 e. The van der Waals surface area contributed by atoms with Gasteiger partial charge in [-0.1, -0.05) is 51.1 Å². The zero-order chi connectivity index (χ0) is 15.1. The van der Waals surface area contributed by atoms with Gasteiger partial charge in [-0.2, -0.15) is 0 Å². The standard InChI is InChI=1S/C16H23NO3/c1-4-14(13-8-6-5-7-9-13)16(20)17(10-12(2)3)11-15(18)19/h5-9,12,14H,4,10-11H2,1-3H3,(H,18,19). The van der Waals surface area contributed by atoms with E-state index in [1.807, 2.05) is 51.1 Å². The van der Waals surface area contributed by atoms with E-state index in [-0.39, 0.29) is 24.3 Å². The Morgan fingerprint density at radius 3 is 2.25 bits per heavy atom. The molecule has 1 rings (SSSR count). The molecular formula is C16H23NO3. The first-order valence-electron chi connectivity index (χ1n) is 7.01. The van der Waals surface area contributed by atoms with Crippen molar-refractivity contribution >= 4 is 11.9 Å². The van der Waals surface area contributed by atoms with E-state index < -0.39 is 5.97 Å². The third-order valence-corrected chi connectivity index (χ3v) is 3.13. The van der Waals surface area contributed by atoms with Gasteiger partial charge in [0.25, 0.3) is 0 Å². The van der Waals surface area contributed by atoms with E-state index in [1.54, 1.807) is 0 Å². The largest absolute Gasteiger partial charge is 0.480 e. The van der Waals surface area contributed by atoms with Crippen molar-refractivity contribution in [2.24, 2.45) is 5.92 Å². The number of nitrogens with zero attached hydrogens (tertiary/aromatic N) is 1. The Balaban J connectivity index is 2.93. The van der Waals surface area contributed by atoms with E-state index >= 15 is 0 Å². The molecule has 0 aliphatic carbocycles. The molecule has 0 saturated carbocycles. The monoisotopic (exact) mass is 277 g/mol. The minimum absolute atomic E-state index is 0.102. The Hall–Kier alpha value is -1.84. The summed E-state index contributed by atoms with van der Waals surface area (Å²) in [6, 6.07) is 9.54. The van der Waals surface area contributed by atoms with Crippen molar-refractivity contribution in [3.05, 3.63) is 35.9 Å². The summed E-state index contributed by atoms with van der Waals surface area (Å²) in [5.74, 6) is -1.10. The first-order chi connectivity index (χ1) is 9.45. The average molecular weight is 277 g/mol. The maximum atomic E-state index is 12.6. The van der Waals surface area contributed by atoms with Crippen LogP contribution in [0.1, 0.15) is 38.7 Å². The van der Waals surface area contributed by atoms with Crippen molar-refractivity contribution in [3.8, 4) is 0 Å². The van der Waals surface area contributed by atoms with Crippen LogP contribution in [0.2, 0.25) is 0 Å². The van der Waals surface area contributed by atoms with Gasteiger partial charge in [-0.15, -0.1) is 0 Å². The fourth-order valence-corrected chi connectivity index (χ4v) is 2.30. The smallest absolute Gasteiger partial charge is 0.323 e. The molecule has 1 amide bonds. The highest BCUT2D eigenvalue weighted by Gasteiger charge is 2.26. The molecular weight excluding hydrogens is 254 g/mol. The number of carbonyl (C=O) groups is 2. The number of rotatable bonds is 7. The Morgan fingerprint density at radius 1 is 1.20 bits per heavy atom. The van der Waals surface area contributed by atoms with E-state index in [9.17, 15) is 9.59 Å². The van der Waals surface area contributed by atoms with Crippen LogP contribution < -0.4 is 0 Å². The first-order valence-corrected chi connectivity index (χ1v) is 7.01. The van der Waals surface area contributed by atoms with E-state index in [0.29, 0.717) is 13.0 Å². The highest BCUT2D eigenvalue weighted by atomic mass is 16.4. The van der Waals surface area contributed by atoms with Gasteiger partial charge in [0.2, 0.25) is 5.91 Å². The Labute approximate surface area is 120 Å². The zero-order valence-electron chi connectivity index (χ0n) is 12.4. The highest BCUT2D eigenvalue weighted by molar-refractivity contribution is 5.86. The quantitative estimate of drug-likeness (QED) is 0.833. The van der Waals surface area contributed by atoms with E-state index in [4.69, 9.17) is 5.11 Å². The summed E-state index contributed by atoms with van der Waals surface area (Å²) in [7, 11) is 0. The Kier molecular flexibility index (Phi) is 6.22. The van der Waals surface area contributed by atoms with Crippen molar-refractivity contribution in [2.75, 3.05) is 13.1 Å². The van der Waals surface area contributed by atoms with Crippen molar-refractivity contribution in [2.45, 2.75) is 33.1 Å². The molecule has 20 heavy (non-hydrogen) atoms. The molecule has 1 aromatic rings. The Morgan fingerprint density at radius 2 is 1.80 bits per heavy atom. The van der Waals surface area contributed by atoms with Crippen LogP contribution in [0.3, 0.4) is 0 Å². The van der Waals surface area contributed by atoms with Gasteiger partial charge in [0.1, 0.15) is 6.54 Å². The summed E-state index contributed by atoms with van der Waals surface area (Å²) in [4.78, 5) is 25.0. The molecule has 1 atom stereocenters. The fraction of sp³-hybridized carbons (Fsp3) is 0.500. The molecule has 4 nitrogen and oxygen atoms in total. The Bertz CT molecular complexity index is 442. The van der Waals surface area contributed by atoms with Crippen molar-refractivity contribution in [1.82, 2.24) is 4.90 Å². The SMILES string of the molecule is CCC(C(=O)N(CC(=O)O)CC(C)C)c1ccccc1. The molecule has 0 aliphatic heterocycles. The van der Waals surface area contributed by atoms with Crippen LogP contribution in [0.15, 0.2) is 30.3 Å². The molecule has 0 bridgehead atoms. The van der Waals surface area contributed by atoms with E-state index in [2.05, 4.69) is 0 Å². The van der Waals surface area contributed by atoms with Crippen LogP contribution in [0, 0.1) is 5.92 Å². The summed E-state index contributed by atoms with van der Waals surface area (Å²) in [5.41, 5.74) is 0.944. The molecule has 0 aromatic heterocycles. The van der Waals surface area contributed by atoms with Crippen LogP contribution in [0.4, 0.5) is 0 Å². The zero-order valence-corrected chi connectivity index (χ0v) is 12.4. The van der Waals surface area contributed by atoms with Gasteiger partial charge < -0.3 is 10.0 Å². The lowest BCUT2D eigenvalue weighted by atomic mass is 9.94. The number of carboxylic acids is 1. The number of hydrogen-bond donors (Lipinski definition) is 1. The topological polar surface area (TPSA) is 57.6 Å². The van der Waals surface area contributed by atoms with Crippen LogP contribution in [-0.4, -0.2) is 35.0 Å². The summed E-state index contributed by atoms with van der Waals surface area (Å²) in [5, 5.41) is 8.98. The van der Waals surface area contributed by atoms with Gasteiger partial charge in [-0.05, 0) is 17.9 Å². The second-order valence-corrected chi connectivity index (χ2v) is 5.38. The molecule has 0 radical (unpaired) electrons. The number of carboxylic acid groups (broad SMARTS) is 1.